The molecule has 4 rings (SSSR count). The molecule has 2 aliphatic heterocycles. The Morgan fingerprint density at radius 1 is 1.19 bits per heavy atom. The topological polar surface area (TPSA) is 119 Å². The fourth-order valence-electron chi connectivity index (χ4n) is 5.97. The van der Waals surface area contributed by atoms with Crippen LogP contribution in [0.4, 0.5) is 0 Å². The second kappa shape index (κ2) is 15.9. The second-order valence-electron chi connectivity index (χ2n) is 12.3. The van der Waals surface area contributed by atoms with Crippen LogP contribution in [0.5, 0.6) is 11.5 Å². The first-order valence-corrected chi connectivity index (χ1v) is 15.8. The van der Waals surface area contributed by atoms with Crippen molar-refractivity contribution in [2.75, 3.05) is 53.2 Å². The summed E-state index contributed by atoms with van der Waals surface area (Å²) in [7, 11) is 1.68. The third-order valence-corrected chi connectivity index (χ3v) is 8.26. The number of carbonyl (C=O) groups is 2. The van der Waals surface area contributed by atoms with E-state index in [1.54, 1.807) is 7.11 Å². The average Bonchev–Trinajstić information content (AvgIpc) is 3.82. The Hall–Kier alpha value is -2.40. The summed E-state index contributed by atoms with van der Waals surface area (Å²) in [6, 6.07) is 4.05. The molecule has 0 spiro atoms. The van der Waals surface area contributed by atoms with Gasteiger partial charge in [0.05, 0.1) is 43.8 Å². The van der Waals surface area contributed by atoms with Gasteiger partial charge in [-0.15, -0.1) is 0 Å². The Bertz CT molecular complexity index is 1030. The largest absolute Gasteiger partial charge is 0.493 e. The summed E-state index contributed by atoms with van der Waals surface area (Å²) in [4.78, 5) is 29.2. The molecule has 0 bridgehead atoms. The normalized spacial score (nSPS) is 22.7. The number of benzene rings is 1. The molecule has 4 atom stereocenters. The Morgan fingerprint density at radius 3 is 2.69 bits per heavy atom. The minimum absolute atomic E-state index is 0.121. The summed E-state index contributed by atoms with van der Waals surface area (Å²) in [5.41, 5.74) is 2.02. The highest BCUT2D eigenvalue weighted by atomic mass is 16.5. The molecule has 3 N–H and O–H groups in total. The molecule has 0 radical (unpaired) electrons. The zero-order valence-corrected chi connectivity index (χ0v) is 25.9. The number of methoxy groups -OCH3 is 1. The van der Waals surface area contributed by atoms with Gasteiger partial charge in [-0.1, -0.05) is 13.8 Å². The molecule has 4 unspecified atom stereocenters. The van der Waals surface area contributed by atoms with E-state index in [1.165, 1.54) is 0 Å². The minimum atomic E-state index is -1.07. The molecule has 42 heavy (non-hydrogen) atoms. The standard InChI is InChI=1S/C32H51N3O7/c1-5-40-20-23(14-21(2)3)34-31(37)26-17-33-18-27(30(26)36)32(38)35(24-9-10-24)19-22-15-28-25(8-6-12-41-28)29(16-22)42-13-7-11-39-4/h15-16,21,23-24,26-27,30,33,36H,5-14,17-20H2,1-4H3,(H,34,37). The van der Waals surface area contributed by atoms with Gasteiger partial charge in [-0.2, -0.15) is 0 Å². The first-order valence-electron chi connectivity index (χ1n) is 15.8. The summed E-state index contributed by atoms with van der Waals surface area (Å²) in [5, 5.41) is 17.7. The van der Waals surface area contributed by atoms with Gasteiger partial charge in [0.2, 0.25) is 11.8 Å². The molecule has 2 fully saturated rings. The van der Waals surface area contributed by atoms with Crippen molar-refractivity contribution in [1.82, 2.24) is 15.5 Å². The fraction of sp³-hybridized carbons (Fsp3) is 0.750. The number of aliphatic hydroxyl groups is 1. The van der Waals surface area contributed by atoms with Crippen LogP contribution in [0.25, 0.3) is 0 Å². The van der Waals surface area contributed by atoms with Crippen molar-refractivity contribution in [2.45, 2.75) is 84.0 Å². The lowest BCUT2D eigenvalue weighted by molar-refractivity contribution is -0.146. The van der Waals surface area contributed by atoms with Gasteiger partial charge in [-0.3, -0.25) is 9.59 Å². The first kappa shape index (κ1) is 32.5. The summed E-state index contributed by atoms with van der Waals surface area (Å²) >= 11 is 0. The number of aliphatic hydroxyl groups excluding tert-OH is 1. The molecule has 1 saturated heterocycles. The van der Waals surface area contributed by atoms with E-state index in [0.717, 1.165) is 61.2 Å². The number of hydrogen-bond donors (Lipinski definition) is 3. The molecule has 1 aromatic carbocycles. The third-order valence-electron chi connectivity index (χ3n) is 8.26. The van der Waals surface area contributed by atoms with Gasteiger partial charge in [0, 0.05) is 58.0 Å². The number of fused-ring (bicyclic) bond motifs is 1. The van der Waals surface area contributed by atoms with E-state index in [-0.39, 0.29) is 23.9 Å². The van der Waals surface area contributed by atoms with Crippen molar-refractivity contribution >= 4 is 11.8 Å². The Kier molecular flexibility index (Phi) is 12.3. The molecule has 2 heterocycles. The lowest BCUT2D eigenvalue weighted by atomic mass is 9.85. The molecule has 2 amide bonds. The zero-order chi connectivity index (χ0) is 30.1. The second-order valence-corrected chi connectivity index (χ2v) is 12.3. The van der Waals surface area contributed by atoms with Crippen molar-refractivity contribution in [3.8, 4) is 11.5 Å². The first-order chi connectivity index (χ1) is 20.3. The monoisotopic (exact) mass is 589 g/mol. The quantitative estimate of drug-likeness (QED) is 0.252. The zero-order valence-electron chi connectivity index (χ0n) is 25.9. The Balaban J connectivity index is 1.46. The third kappa shape index (κ3) is 8.81. The van der Waals surface area contributed by atoms with E-state index < -0.39 is 17.9 Å². The molecular weight excluding hydrogens is 538 g/mol. The number of amides is 2. The average molecular weight is 590 g/mol. The van der Waals surface area contributed by atoms with Gasteiger partial charge in [0.1, 0.15) is 11.5 Å². The van der Waals surface area contributed by atoms with Gasteiger partial charge in [0.15, 0.2) is 0 Å². The van der Waals surface area contributed by atoms with Crippen molar-refractivity contribution < 1.29 is 33.6 Å². The SMILES string of the molecule is CCOCC(CC(C)C)NC(=O)C1CNCC(C(=O)N(Cc2cc(OCCCOC)c3c(c2)OCCC3)C2CC2)C1O. The van der Waals surface area contributed by atoms with E-state index in [0.29, 0.717) is 58.6 Å². The summed E-state index contributed by atoms with van der Waals surface area (Å²) in [6.45, 7) is 10.0. The van der Waals surface area contributed by atoms with Crippen molar-refractivity contribution in [2.24, 2.45) is 17.8 Å². The number of ether oxygens (including phenoxy) is 4. The molecule has 0 aromatic heterocycles. The molecule has 1 saturated carbocycles. The van der Waals surface area contributed by atoms with Crippen LogP contribution in [0.15, 0.2) is 12.1 Å². The number of hydrogen-bond acceptors (Lipinski definition) is 8. The highest BCUT2D eigenvalue weighted by Gasteiger charge is 2.44. The molecule has 236 valence electrons. The number of nitrogens with one attached hydrogen (secondary N) is 2. The maximum absolute atomic E-state index is 14.0. The molecule has 1 aromatic rings. The minimum Gasteiger partial charge on any atom is -0.493 e. The predicted octanol–water partition coefficient (Wildman–Crippen LogP) is 2.68. The maximum Gasteiger partial charge on any atom is 0.230 e. The lowest BCUT2D eigenvalue weighted by Gasteiger charge is -2.37. The maximum atomic E-state index is 14.0. The van der Waals surface area contributed by atoms with Gasteiger partial charge >= 0.3 is 0 Å². The number of piperidine rings is 1. The van der Waals surface area contributed by atoms with Crippen LogP contribution in [0, 0.1) is 17.8 Å². The van der Waals surface area contributed by atoms with Gasteiger partial charge in [-0.05, 0) is 62.6 Å². The fourth-order valence-corrected chi connectivity index (χ4v) is 5.97. The van der Waals surface area contributed by atoms with Crippen molar-refractivity contribution in [1.29, 1.82) is 0 Å². The van der Waals surface area contributed by atoms with Crippen molar-refractivity contribution in [3.05, 3.63) is 23.3 Å². The molecule has 1 aliphatic carbocycles. The predicted molar refractivity (Wildman–Crippen MR) is 160 cm³/mol. The van der Waals surface area contributed by atoms with Crippen LogP contribution < -0.4 is 20.1 Å². The van der Waals surface area contributed by atoms with E-state index in [9.17, 15) is 14.7 Å². The highest BCUT2D eigenvalue weighted by molar-refractivity contribution is 5.84. The summed E-state index contributed by atoms with van der Waals surface area (Å²) < 4.78 is 22.9. The van der Waals surface area contributed by atoms with Crippen molar-refractivity contribution in [3.63, 3.8) is 0 Å². The Labute approximate surface area is 250 Å². The summed E-state index contributed by atoms with van der Waals surface area (Å²) in [6.07, 6.45) is 4.20. The molecular formula is C32H51N3O7. The van der Waals surface area contributed by atoms with Crippen LogP contribution in [0.2, 0.25) is 0 Å². The lowest BCUT2D eigenvalue weighted by Crippen LogP contribution is -2.58. The molecule has 10 heteroatoms. The van der Waals surface area contributed by atoms with Crippen LogP contribution in [-0.2, 0) is 32.0 Å². The van der Waals surface area contributed by atoms with Crippen LogP contribution in [0.1, 0.15) is 64.0 Å². The smallest absolute Gasteiger partial charge is 0.230 e. The van der Waals surface area contributed by atoms with Gasteiger partial charge in [-0.25, -0.2) is 0 Å². The number of rotatable bonds is 16. The van der Waals surface area contributed by atoms with E-state index in [4.69, 9.17) is 18.9 Å². The van der Waals surface area contributed by atoms with Gasteiger partial charge < -0.3 is 39.6 Å². The van der Waals surface area contributed by atoms with E-state index in [1.807, 2.05) is 24.0 Å². The van der Waals surface area contributed by atoms with Crippen LogP contribution in [0.3, 0.4) is 0 Å². The van der Waals surface area contributed by atoms with Crippen LogP contribution >= 0.6 is 0 Å². The Morgan fingerprint density at radius 2 is 1.98 bits per heavy atom. The molecule has 3 aliphatic rings. The molecule has 10 nitrogen and oxygen atoms in total. The summed E-state index contributed by atoms with van der Waals surface area (Å²) in [5.74, 6) is 0.237. The van der Waals surface area contributed by atoms with Crippen LogP contribution in [-0.4, -0.2) is 93.2 Å². The van der Waals surface area contributed by atoms with Gasteiger partial charge in [0.25, 0.3) is 0 Å². The number of carbonyl (C=O) groups excluding carboxylic acids is 2. The highest BCUT2D eigenvalue weighted by Crippen LogP contribution is 2.37. The van der Waals surface area contributed by atoms with E-state index >= 15 is 0 Å². The number of nitrogens with zero attached hydrogens (tertiary/aromatic N) is 1. The van der Waals surface area contributed by atoms with E-state index in [2.05, 4.69) is 24.5 Å².